The fourth-order valence-electron chi connectivity index (χ4n) is 12.2. The van der Waals surface area contributed by atoms with Crippen LogP contribution in [0.3, 0.4) is 0 Å². The van der Waals surface area contributed by atoms with Gasteiger partial charge < -0.3 is 0 Å². The molecule has 0 radical (unpaired) electrons. The monoisotopic (exact) mass is 678 g/mol. The Kier molecular flexibility index (Phi) is 11.5. The average Bonchev–Trinajstić information content (AvgIpc) is 3.03. The SMILES string of the molecule is CC(C)[Si](C(C)C)(C(C)C)[Si](c1ccccc1)(c1ccccc1)[Si](c1ccccc1)(c1ccccc1)[Si](C(C)C)(C(C)C)C(C)C. The van der Waals surface area contributed by atoms with Crippen molar-refractivity contribution in [2.24, 2.45) is 0 Å². The van der Waals surface area contributed by atoms with Crippen LogP contribution in [0.2, 0.25) is 33.2 Å². The van der Waals surface area contributed by atoms with E-state index >= 15 is 0 Å². The van der Waals surface area contributed by atoms with Crippen LogP contribution in [-0.2, 0) is 0 Å². The third-order valence-electron chi connectivity index (χ3n) is 12.4. The number of hydrogen-bond acceptors (Lipinski definition) is 0. The Hall–Kier alpha value is -2.25. The fourth-order valence-corrected chi connectivity index (χ4v) is 113. The molecule has 0 N–H and O–H groups in total. The molecule has 0 aromatic heterocycles. The minimum Gasteiger partial charge on any atom is -0.0653 e. The van der Waals surface area contributed by atoms with Gasteiger partial charge in [0.2, 0.25) is 0 Å². The molecule has 4 rings (SSSR count). The van der Waals surface area contributed by atoms with Crippen molar-refractivity contribution in [1.29, 1.82) is 0 Å². The second kappa shape index (κ2) is 14.5. The highest BCUT2D eigenvalue weighted by Gasteiger charge is 2.78. The molecule has 0 heterocycles. The summed E-state index contributed by atoms with van der Waals surface area (Å²) in [4.78, 5) is 0. The lowest BCUT2D eigenvalue weighted by molar-refractivity contribution is 0.840. The maximum absolute atomic E-state index is 2.76. The van der Waals surface area contributed by atoms with Gasteiger partial charge in [0.25, 0.3) is 0 Å². The predicted octanol–water partition coefficient (Wildman–Crippen LogP) is 10.1. The van der Waals surface area contributed by atoms with E-state index in [4.69, 9.17) is 0 Å². The molecule has 0 aliphatic heterocycles. The van der Waals surface area contributed by atoms with E-state index in [-0.39, 0.29) is 0 Å². The number of hydrogen-bond donors (Lipinski definition) is 0. The van der Waals surface area contributed by atoms with Gasteiger partial charge in [-0.3, -0.25) is 0 Å². The molecule has 0 aliphatic carbocycles. The van der Waals surface area contributed by atoms with Crippen molar-refractivity contribution in [3.63, 3.8) is 0 Å². The Morgan fingerprint density at radius 3 is 0.543 bits per heavy atom. The second-order valence-corrected chi connectivity index (χ2v) is 48.9. The molecular weight excluding hydrogens is 617 g/mol. The third kappa shape index (κ3) is 5.09. The Morgan fingerprint density at radius 2 is 0.413 bits per heavy atom. The van der Waals surface area contributed by atoms with Crippen LogP contribution in [0.5, 0.6) is 0 Å². The summed E-state index contributed by atoms with van der Waals surface area (Å²) in [5, 5.41) is 6.84. The van der Waals surface area contributed by atoms with Gasteiger partial charge in [0.05, 0.1) is 15.2 Å². The maximum Gasteiger partial charge on any atom is 0.113 e. The van der Waals surface area contributed by atoms with Crippen molar-refractivity contribution < 1.29 is 0 Å². The molecule has 4 heteroatoms. The van der Waals surface area contributed by atoms with Gasteiger partial charge in [-0.1, -0.05) is 258 Å². The molecule has 0 saturated heterocycles. The van der Waals surface area contributed by atoms with Gasteiger partial charge in [0.15, 0.2) is 0 Å². The van der Waals surface area contributed by atoms with Crippen LogP contribution in [0.25, 0.3) is 0 Å². The lowest BCUT2D eigenvalue weighted by atomic mass is 10.4. The summed E-state index contributed by atoms with van der Waals surface area (Å²) < 4.78 is 0. The Balaban J connectivity index is 2.66. The summed E-state index contributed by atoms with van der Waals surface area (Å²) in [5.74, 6) is 0. The highest BCUT2D eigenvalue weighted by Crippen LogP contribution is 2.56. The molecule has 246 valence electrons. The molecule has 0 fully saturated rings. The van der Waals surface area contributed by atoms with Crippen molar-refractivity contribution >= 4 is 50.1 Å². The van der Waals surface area contributed by atoms with E-state index in [1.54, 1.807) is 20.7 Å². The van der Waals surface area contributed by atoms with Crippen LogP contribution < -0.4 is 20.7 Å². The summed E-state index contributed by atoms with van der Waals surface area (Å²) >= 11 is 0. The fraction of sp³-hybridized carbons (Fsp3) is 0.429. The van der Waals surface area contributed by atoms with Crippen molar-refractivity contribution in [3.8, 4) is 0 Å². The van der Waals surface area contributed by atoms with Gasteiger partial charge in [-0.05, 0) is 0 Å². The smallest absolute Gasteiger partial charge is 0.0653 e. The van der Waals surface area contributed by atoms with Gasteiger partial charge >= 0.3 is 0 Å². The standard InChI is InChI=1S/C42H62Si4/c1-33(2)43(34(3)4,35(5)6)45(39-25-17-13-18-26-39,40-27-19-14-20-28-40)46(41-29-21-15-22-30-41,42-31-23-16-24-32-42)44(36(7)8,37(9)10)38(11)12/h13-38H,1-12H3. The van der Waals surface area contributed by atoms with Gasteiger partial charge in [-0.25, -0.2) is 0 Å². The van der Waals surface area contributed by atoms with E-state index in [0.29, 0.717) is 33.2 Å². The Labute approximate surface area is 286 Å². The molecule has 0 saturated carbocycles. The van der Waals surface area contributed by atoms with E-state index in [1.165, 1.54) is 0 Å². The van der Waals surface area contributed by atoms with Crippen LogP contribution in [0, 0.1) is 0 Å². The zero-order chi connectivity index (χ0) is 33.9. The molecule has 0 bridgehead atoms. The maximum atomic E-state index is 2.65. The molecule has 0 aliphatic rings. The van der Waals surface area contributed by atoms with Crippen LogP contribution in [0.4, 0.5) is 0 Å². The first kappa shape index (κ1) is 36.6. The normalized spacial score (nSPS) is 13.5. The van der Waals surface area contributed by atoms with Crippen molar-refractivity contribution in [2.75, 3.05) is 0 Å². The van der Waals surface area contributed by atoms with Crippen LogP contribution in [0.1, 0.15) is 83.1 Å². The predicted molar refractivity (Wildman–Crippen MR) is 218 cm³/mol. The molecule has 46 heavy (non-hydrogen) atoms. The van der Waals surface area contributed by atoms with E-state index in [2.05, 4.69) is 204 Å². The summed E-state index contributed by atoms with van der Waals surface area (Å²) in [6.45, 7) is 31.8. The van der Waals surface area contributed by atoms with Crippen molar-refractivity contribution in [1.82, 2.24) is 0 Å². The molecular formula is C42H62Si4. The summed E-state index contributed by atoms with van der Waals surface area (Å²) in [7, 11) is -10.1. The third-order valence-corrected chi connectivity index (χ3v) is 77.7. The minimum atomic E-state index is -2.76. The molecule has 0 unspecified atom stereocenters. The Bertz CT molecular complexity index is 1250. The quantitative estimate of drug-likeness (QED) is 0.124. The molecule has 0 atom stereocenters. The van der Waals surface area contributed by atoms with Crippen LogP contribution in [0.15, 0.2) is 121 Å². The first-order valence-electron chi connectivity index (χ1n) is 18.1. The zero-order valence-corrected chi connectivity index (χ0v) is 35.0. The lowest BCUT2D eigenvalue weighted by Gasteiger charge is -2.70. The first-order valence-corrected chi connectivity index (χ1v) is 29.5. The van der Waals surface area contributed by atoms with E-state index in [9.17, 15) is 0 Å². The van der Waals surface area contributed by atoms with Gasteiger partial charge in [0, 0.05) is 0 Å². The average molecular weight is 679 g/mol. The van der Waals surface area contributed by atoms with Gasteiger partial charge in [-0.15, -0.1) is 0 Å². The molecule has 4 aromatic carbocycles. The van der Waals surface area contributed by atoms with Crippen molar-refractivity contribution in [3.05, 3.63) is 121 Å². The summed E-state index contributed by atoms with van der Waals surface area (Å²) in [6.07, 6.45) is 0. The molecule has 0 spiro atoms. The van der Waals surface area contributed by atoms with E-state index in [1.807, 2.05) is 0 Å². The van der Waals surface area contributed by atoms with Gasteiger partial charge in [-0.2, -0.15) is 0 Å². The molecule has 4 aromatic rings. The minimum absolute atomic E-state index is 0.622. The van der Waals surface area contributed by atoms with Crippen molar-refractivity contribution in [2.45, 2.75) is 116 Å². The second-order valence-electron chi connectivity index (χ2n) is 15.8. The summed E-state index contributed by atoms with van der Waals surface area (Å²) in [5.41, 5.74) is 3.73. The summed E-state index contributed by atoms with van der Waals surface area (Å²) in [6, 6.07) is 49.2. The van der Waals surface area contributed by atoms with E-state index < -0.39 is 29.4 Å². The highest BCUT2D eigenvalue weighted by molar-refractivity contribution is 7.95. The van der Waals surface area contributed by atoms with E-state index in [0.717, 1.165) is 0 Å². The first-order chi connectivity index (χ1) is 21.8. The largest absolute Gasteiger partial charge is 0.113 e. The van der Waals surface area contributed by atoms with Crippen LogP contribution in [-0.4, -0.2) is 29.4 Å². The highest BCUT2D eigenvalue weighted by atomic mass is 29.8. The number of benzene rings is 4. The lowest BCUT2D eigenvalue weighted by Crippen LogP contribution is -3.03. The number of rotatable bonds is 13. The zero-order valence-electron chi connectivity index (χ0n) is 31.0. The molecule has 0 amide bonds. The van der Waals surface area contributed by atoms with Gasteiger partial charge in [0.1, 0.15) is 14.2 Å². The van der Waals surface area contributed by atoms with Crippen LogP contribution >= 0.6 is 0 Å². The Morgan fingerprint density at radius 1 is 0.261 bits per heavy atom. The topological polar surface area (TPSA) is 0 Å². The molecule has 0 nitrogen and oxygen atoms in total.